The smallest absolute Gasteiger partial charge is 0.427 e. The Morgan fingerprint density at radius 2 is 1.68 bits per heavy atom. The van der Waals surface area contributed by atoms with Crippen LogP contribution in [-0.2, 0) is 31.0 Å². The summed E-state index contributed by atoms with van der Waals surface area (Å²) in [5, 5.41) is 10.1. The maximum atomic E-state index is 13.1. The molecule has 0 aliphatic rings. The van der Waals surface area contributed by atoms with Crippen molar-refractivity contribution in [2.45, 2.75) is 52.3 Å². The number of fused-ring (bicyclic) bond motifs is 1. The molecule has 1 aromatic carbocycles. The number of benzene rings is 1. The predicted molar refractivity (Wildman–Crippen MR) is 132 cm³/mol. The van der Waals surface area contributed by atoms with Crippen LogP contribution in [0.4, 0.5) is 13.2 Å². The van der Waals surface area contributed by atoms with Gasteiger partial charge in [0, 0.05) is 38.6 Å². The largest absolute Gasteiger partial charge is 0.534 e. The van der Waals surface area contributed by atoms with Gasteiger partial charge in [0.25, 0.3) is 5.88 Å². The van der Waals surface area contributed by atoms with Crippen LogP contribution in [0.1, 0.15) is 39.7 Å². The van der Waals surface area contributed by atoms with Crippen LogP contribution < -0.4 is 13.7 Å². The molecule has 0 unspecified atom stereocenters. The van der Waals surface area contributed by atoms with Crippen molar-refractivity contribution in [3.63, 3.8) is 0 Å². The van der Waals surface area contributed by atoms with Crippen LogP contribution in [0.5, 0.6) is 17.4 Å². The summed E-state index contributed by atoms with van der Waals surface area (Å²) < 4.78 is 84.6. The second kappa shape index (κ2) is 11.9. The van der Waals surface area contributed by atoms with Gasteiger partial charge in [-0.15, -0.1) is 0 Å². The Labute approximate surface area is 226 Å². The number of ether oxygens (including phenoxy) is 3. The Bertz CT molecular complexity index is 1560. The van der Waals surface area contributed by atoms with E-state index in [2.05, 4.69) is 14.2 Å². The first-order chi connectivity index (χ1) is 18.6. The Kier molecular flexibility index (Phi) is 9.00. The first kappa shape index (κ1) is 30.3. The molecule has 0 bridgehead atoms. The maximum Gasteiger partial charge on any atom is 0.534 e. The lowest BCUT2D eigenvalue weighted by Crippen LogP contribution is -2.28. The topological polar surface area (TPSA) is 160 Å². The van der Waals surface area contributed by atoms with Crippen molar-refractivity contribution < 1.29 is 49.6 Å². The van der Waals surface area contributed by atoms with E-state index in [-0.39, 0.29) is 65.0 Å². The van der Waals surface area contributed by atoms with Gasteiger partial charge < -0.3 is 23.0 Å². The molecular weight excluding hydrogens is 561 g/mol. The van der Waals surface area contributed by atoms with Gasteiger partial charge in [0.15, 0.2) is 0 Å². The molecule has 0 amide bonds. The van der Waals surface area contributed by atoms with Gasteiger partial charge in [-0.1, -0.05) is 0 Å². The van der Waals surface area contributed by atoms with Gasteiger partial charge in [0.05, 0.1) is 11.8 Å². The zero-order valence-corrected chi connectivity index (χ0v) is 22.4. The van der Waals surface area contributed by atoms with Crippen molar-refractivity contribution >= 4 is 33.1 Å². The third-order valence-electron chi connectivity index (χ3n) is 5.04. The zero-order chi connectivity index (χ0) is 29.8. The molecule has 0 saturated carbocycles. The lowest BCUT2D eigenvalue weighted by Gasteiger charge is -2.15. The fraction of sp³-hybridized carbons (Fsp3) is 0.375. The number of aromatic nitrogens is 3. The Hall–Kier alpha value is -4.23. The molecule has 12 nitrogen and oxygen atoms in total. The molecule has 0 fully saturated rings. The van der Waals surface area contributed by atoms with E-state index >= 15 is 0 Å². The van der Waals surface area contributed by atoms with Crippen molar-refractivity contribution in [2.24, 2.45) is 0 Å². The van der Waals surface area contributed by atoms with Crippen LogP contribution in [0.3, 0.4) is 0 Å². The molecule has 3 rings (SSSR count). The van der Waals surface area contributed by atoms with Crippen LogP contribution >= 0.6 is 0 Å². The standard InChI is InChI=1S/C24H23F3N4O8S/c1-13(2)36-7-5-6-31-21(16-8-17(37-14(3)32)10-18(9-16)38-15(4)33)19(11-28)20-22(31)23(30-12-29-20)39-40(34,35)24(25,26)27/h8-10,12-13H,5-7H2,1-4H3. The molecule has 3 aromatic rings. The van der Waals surface area contributed by atoms with Crippen LogP contribution in [-0.4, -0.2) is 53.1 Å². The summed E-state index contributed by atoms with van der Waals surface area (Å²) in [6, 6.07) is 5.81. The number of carbonyl (C=O) groups excluding carboxylic acids is 2. The minimum absolute atomic E-state index is 0.0270. The molecule has 0 N–H and O–H groups in total. The minimum Gasteiger partial charge on any atom is -0.427 e. The average Bonchev–Trinajstić information content (AvgIpc) is 3.14. The molecular formula is C24H23F3N4O8S. The normalized spacial score (nSPS) is 11.9. The number of halogens is 3. The fourth-order valence-corrected chi connectivity index (χ4v) is 4.11. The average molecular weight is 585 g/mol. The summed E-state index contributed by atoms with van der Waals surface area (Å²) in [5.74, 6) is -2.54. The van der Waals surface area contributed by atoms with E-state index in [0.717, 1.165) is 20.2 Å². The second-order valence-corrected chi connectivity index (χ2v) is 10.0. The van der Waals surface area contributed by atoms with Crippen LogP contribution in [0.2, 0.25) is 0 Å². The number of rotatable bonds is 10. The molecule has 0 aliphatic heterocycles. The van der Waals surface area contributed by atoms with E-state index < -0.39 is 33.4 Å². The third kappa shape index (κ3) is 6.85. The highest BCUT2D eigenvalue weighted by Crippen LogP contribution is 2.40. The molecule has 0 aliphatic carbocycles. The maximum absolute atomic E-state index is 13.1. The zero-order valence-electron chi connectivity index (χ0n) is 21.6. The van der Waals surface area contributed by atoms with Gasteiger partial charge >= 0.3 is 27.6 Å². The number of esters is 2. The van der Waals surface area contributed by atoms with E-state index in [9.17, 15) is 36.4 Å². The molecule has 16 heteroatoms. The van der Waals surface area contributed by atoms with Gasteiger partial charge in [-0.2, -0.15) is 31.8 Å². The Morgan fingerprint density at radius 3 is 2.17 bits per heavy atom. The van der Waals surface area contributed by atoms with E-state index in [0.29, 0.717) is 0 Å². The van der Waals surface area contributed by atoms with E-state index in [1.165, 1.54) is 22.8 Å². The number of aryl methyl sites for hydroxylation is 1. The number of hydrogen-bond donors (Lipinski definition) is 0. The highest BCUT2D eigenvalue weighted by atomic mass is 32.2. The molecule has 0 saturated heterocycles. The summed E-state index contributed by atoms with van der Waals surface area (Å²) >= 11 is 0. The fourth-order valence-electron chi connectivity index (χ4n) is 3.69. The van der Waals surface area contributed by atoms with Crippen molar-refractivity contribution in [1.82, 2.24) is 14.5 Å². The first-order valence-electron chi connectivity index (χ1n) is 11.6. The number of hydrogen-bond acceptors (Lipinski definition) is 11. The highest BCUT2D eigenvalue weighted by molar-refractivity contribution is 7.88. The lowest BCUT2D eigenvalue weighted by atomic mass is 10.1. The van der Waals surface area contributed by atoms with Crippen molar-refractivity contribution in [3.05, 3.63) is 30.1 Å². The summed E-state index contributed by atoms with van der Waals surface area (Å²) in [6.45, 7) is 6.01. The van der Waals surface area contributed by atoms with Crippen molar-refractivity contribution in [2.75, 3.05) is 6.61 Å². The van der Waals surface area contributed by atoms with Gasteiger partial charge in [0.1, 0.15) is 40.5 Å². The van der Waals surface area contributed by atoms with Crippen LogP contribution in [0.25, 0.3) is 22.3 Å². The highest BCUT2D eigenvalue weighted by Gasteiger charge is 2.49. The molecule has 0 radical (unpaired) electrons. The molecule has 2 aromatic heterocycles. The Balaban J connectivity index is 2.35. The second-order valence-electron chi connectivity index (χ2n) is 8.50. The minimum atomic E-state index is -6.14. The quantitative estimate of drug-likeness (QED) is 0.112. The lowest BCUT2D eigenvalue weighted by molar-refractivity contribution is -0.132. The predicted octanol–water partition coefficient (Wildman–Crippen LogP) is 3.86. The summed E-state index contributed by atoms with van der Waals surface area (Å²) in [5.41, 5.74) is -6.33. The monoisotopic (exact) mass is 584 g/mol. The Morgan fingerprint density at radius 1 is 1.07 bits per heavy atom. The molecule has 2 heterocycles. The van der Waals surface area contributed by atoms with Gasteiger partial charge in [-0.3, -0.25) is 9.59 Å². The SMILES string of the molecule is CC(=O)Oc1cc(OC(C)=O)cc(-c2c(C#N)c3ncnc(OS(=O)(=O)C(F)(F)F)c3n2CCCOC(C)C)c1. The first-order valence-corrected chi connectivity index (χ1v) is 13.0. The summed E-state index contributed by atoms with van der Waals surface area (Å²) in [4.78, 5) is 30.9. The summed E-state index contributed by atoms with van der Waals surface area (Å²) in [7, 11) is -6.14. The van der Waals surface area contributed by atoms with E-state index in [1.54, 1.807) is 13.8 Å². The number of nitrogens with zero attached hydrogens (tertiary/aromatic N) is 4. The number of nitriles is 1. The van der Waals surface area contributed by atoms with Crippen LogP contribution in [0, 0.1) is 11.3 Å². The summed E-state index contributed by atoms with van der Waals surface area (Å²) in [6.07, 6.45) is 0.863. The molecule has 0 spiro atoms. The van der Waals surface area contributed by atoms with Crippen molar-refractivity contribution in [1.29, 1.82) is 5.26 Å². The molecule has 0 atom stereocenters. The van der Waals surface area contributed by atoms with Gasteiger partial charge in [-0.25, -0.2) is 4.98 Å². The van der Waals surface area contributed by atoms with Crippen molar-refractivity contribution in [3.8, 4) is 34.7 Å². The van der Waals surface area contributed by atoms with Gasteiger partial charge in [-0.05, 0) is 32.4 Å². The van der Waals surface area contributed by atoms with Crippen LogP contribution in [0.15, 0.2) is 24.5 Å². The number of carbonyl (C=O) groups is 2. The molecule has 40 heavy (non-hydrogen) atoms. The number of alkyl halides is 3. The molecule has 214 valence electrons. The van der Waals surface area contributed by atoms with Gasteiger partial charge in [0.2, 0.25) is 0 Å². The third-order valence-corrected chi connectivity index (χ3v) is 5.98. The van der Waals surface area contributed by atoms with E-state index in [1.807, 2.05) is 6.07 Å². The van der Waals surface area contributed by atoms with E-state index in [4.69, 9.17) is 14.2 Å².